The van der Waals surface area contributed by atoms with Crippen LogP contribution >= 0.6 is 15.9 Å². The SMILES string of the molecule is CCN1C(=O)C(=O)N(CC(=O)N[C@H](C)c2ccccc2Br)C1=O. The number of amides is 5. The molecule has 5 amide bonds. The maximum atomic E-state index is 12.1. The monoisotopic (exact) mass is 381 g/mol. The lowest BCUT2D eigenvalue weighted by molar-refractivity contribution is -0.144. The molecule has 1 aromatic carbocycles. The molecule has 0 unspecified atom stereocenters. The van der Waals surface area contributed by atoms with E-state index in [-0.39, 0.29) is 12.6 Å². The number of hydrogen-bond acceptors (Lipinski definition) is 4. The quantitative estimate of drug-likeness (QED) is 0.617. The van der Waals surface area contributed by atoms with Gasteiger partial charge in [-0.25, -0.2) is 9.69 Å². The van der Waals surface area contributed by atoms with Gasteiger partial charge in [0.2, 0.25) is 5.91 Å². The van der Waals surface area contributed by atoms with Crippen LogP contribution < -0.4 is 5.32 Å². The topological polar surface area (TPSA) is 86.8 Å². The molecule has 8 heteroatoms. The number of urea groups is 1. The van der Waals surface area contributed by atoms with Gasteiger partial charge in [-0.15, -0.1) is 0 Å². The third-order valence-corrected chi connectivity index (χ3v) is 4.22. The largest absolute Gasteiger partial charge is 0.348 e. The van der Waals surface area contributed by atoms with Crippen molar-refractivity contribution in [2.75, 3.05) is 13.1 Å². The molecule has 0 aromatic heterocycles. The molecule has 122 valence electrons. The van der Waals surface area contributed by atoms with Crippen LogP contribution in [0.4, 0.5) is 4.79 Å². The number of imide groups is 2. The van der Waals surface area contributed by atoms with Crippen molar-refractivity contribution in [1.82, 2.24) is 15.1 Å². The van der Waals surface area contributed by atoms with Crippen LogP contribution in [-0.4, -0.2) is 46.6 Å². The number of rotatable bonds is 5. The smallest absolute Gasteiger partial charge is 0.334 e. The second-order valence-electron chi connectivity index (χ2n) is 5.03. The zero-order valence-electron chi connectivity index (χ0n) is 12.7. The Hall–Kier alpha value is -2.22. The summed E-state index contributed by atoms with van der Waals surface area (Å²) in [6, 6.07) is 6.32. The molecular weight excluding hydrogens is 366 g/mol. The van der Waals surface area contributed by atoms with Crippen molar-refractivity contribution in [3.8, 4) is 0 Å². The van der Waals surface area contributed by atoms with Crippen LogP contribution in [0.5, 0.6) is 0 Å². The number of hydrogen-bond donors (Lipinski definition) is 1. The molecule has 0 spiro atoms. The van der Waals surface area contributed by atoms with Crippen molar-refractivity contribution >= 4 is 39.7 Å². The Kier molecular flexibility index (Phi) is 5.15. The fourth-order valence-corrected chi connectivity index (χ4v) is 2.93. The molecule has 1 N–H and O–H groups in total. The first-order valence-electron chi connectivity index (χ1n) is 7.08. The first-order chi connectivity index (χ1) is 10.9. The van der Waals surface area contributed by atoms with Crippen LogP contribution in [0.1, 0.15) is 25.5 Å². The predicted octanol–water partition coefficient (Wildman–Crippen LogP) is 1.44. The van der Waals surface area contributed by atoms with E-state index in [4.69, 9.17) is 0 Å². The fraction of sp³-hybridized carbons (Fsp3) is 0.333. The molecule has 1 atom stereocenters. The summed E-state index contributed by atoms with van der Waals surface area (Å²) in [5.41, 5.74) is 0.867. The zero-order chi connectivity index (χ0) is 17.1. The van der Waals surface area contributed by atoms with Gasteiger partial charge in [-0.2, -0.15) is 0 Å². The minimum absolute atomic E-state index is 0.0922. The highest BCUT2D eigenvalue weighted by Gasteiger charge is 2.44. The van der Waals surface area contributed by atoms with E-state index in [9.17, 15) is 19.2 Å². The van der Waals surface area contributed by atoms with E-state index in [1.807, 2.05) is 24.3 Å². The summed E-state index contributed by atoms with van der Waals surface area (Å²) in [6.45, 7) is 2.99. The summed E-state index contributed by atoms with van der Waals surface area (Å²) in [5, 5.41) is 2.71. The van der Waals surface area contributed by atoms with E-state index in [1.165, 1.54) is 0 Å². The second kappa shape index (κ2) is 6.91. The summed E-state index contributed by atoms with van der Waals surface area (Å²) in [7, 11) is 0. The average molecular weight is 382 g/mol. The highest BCUT2D eigenvalue weighted by molar-refractivity contribution is 9.10. The number of likely N-dealkylation sites (N-methyl/N-ethyl adjacent to an activating group) is 1. The van der Waals surface area contributed by atoms with Crippen molar-refractivity contribution in [2.24, 2.45) is 0 Å². The number of nitrogens with one attached hydrogen (secondary N) is 1. The Morgan fingerprint density at radius 1 is 1.17 bits per heavy atom. The summed E-state index contributed by atoms with van der Waals surface area (Å²) in [5.74, 6) is -2.38. The summed E-state index contributed by atoms with van der Waals surface area (Å²) in [6.07, 6.45) is 0. The highest BCUT2D eigenvalue weighted by Crippen LogP contribution is 2.22. The first kappa shape index (κ1) is 17.1. The Bertz CT molecular complexity index is 676. The van der Waals surface area contributed by atoms with Gasteiger partial charge in [-0.05, 0) is 25.5 Å². The lowest BCUT2D eigenvalue weighted by atomic mass is 10.1. The van der Waals surface area contributed by atoms with E-state index in [0.29, 0.717) is 4.90 Å². The van der Waals surface area contributed by atoms with Crippen LogP contribution in [0, 0.1) is 0 Å². The Morgan fingerprint density at radius 3 is 2.35 bits per heavy atom. The molecule has 1 aliphatic rings. The third-order valence-electron chi connectivity index (χ3n) is 3.50. The van der Waals surface area contributed by atoms with E-state index in [1.54, 1.807) is 13.8 Å². The van der Waals surface area contributed by atoms with E-state index >= 15 is 0 Å². The van der Waals surface area contributed by atoms with E-state index in [2.05, 4.69) is 21.2 Å². The Labute approximate surface area is 141 Å². The van der Waals surface area contributed by atoms with Crippen molar-refractivity contribution in [3.63, 3.8) is 0 Å². The van der Waals surface area contributed by atoms with Gasteiger partial charge >= 0.3 is 17.8 Å². The maximum Gasteiger partial charge on any atom is 0.334 e. The summed E-state index contributed by atoms with van der Waals surface area (Å²) in [4.78, 5) is 48.8. The predicted molar refractivity (Wildman–Crippen MR) is 85.2 cm³/mol. The lowest BCUT2D eigenvalue weighted by Gasteiger charge is -2.18. The Balaban J connectivity index is 2.03. The standard InChI is InChI=1S/C15H16BrN3O4/c1-3-18-13(21)14(22)19(15(18)23)8-12(20)17-9(2)10-6-4-5-7-11(10)16/h4-7,9H,3,8H2,1-2H3,(H,17,20)/t9-/m1/s1. The molecular formula is C15H16BrN3O4. The van der Waals surface area contributed by atoms with Crippen molar-refractivity contribution < 1.29 is 19.2 Å². The highest BCUT2D eigenvalue weighted by atomic mass is 79.9. The molecule has 1 aromatic rings. The van der Waals surface area contributed by atoms with E-state index in [0.717, 1.165) is 14.9 Å². The van der Waals surface area contributed by atoms with Crippen molar-refractivity contribution in [3.05, 3.63) is 34.3 Å². The molecule has 0 saturated carbocycles. The molecule has 0 radical (unpaired) electrons. The molecule has 2 rings (SSSR count). The number of carbonyl (C=O) groups is 4. The molecule has 1 fully saturated rings. The second-order valence-corrected chi connectivity index (χ2v) is 5.89. The molecule has 7 nitrogen and oxygen atoms in total. The fourth-order valence-electron chi connectivity index (χ4n) is 2.30. The number of halogens is 1. The number of benzene rings is 1. The van der Waals surface area contributed by atoms with Crippen LogP contribution in [0.2, 0.25) is 0 Å². The molecule has 0 aliphatic carbocycles. The van der Waals surface area contributed by atoms with Crippen LogP contribution in [0.15, 0.2) is 28.7 Å². The van der Waals surface area contributed by atoms with Crippen LogP contribution in [0.3, 0.4) is 0 Å². The van der Waals surface area contributed by atoms with Gasteiger partial charge < -0.3 is 5.32 Å². The lowest BCUT2D eigenvalue weighted by Crippen LogP contribution is -2.42. The summed E-state index contributed by atoms with van der Waals surface area (Å²) < 4.78 is 0.841. The van der Waals surface area contributed by atoms with Gasteiger partial charge in [0, 0.05) is 11.0 Å². The van der Waals surface area contributed by atoms with Crippen LogP contribution in [-0.2, 0) is 14.4 Å². The Morgan fingerprint density at radius 2 is 1.78 bits per heavy atom. The third kappa shape index (κ3) is 3.42. The van der Waals surface area contributed by atoms with Crippen molar-refractivity contribution in [1.29, 1.82) is 0 Å². The van der Waals surface area contributed by atoms with Crippen LogP contribution in [0.25, 0.3) is 0 Å². The molecule has 23 heavy (non-hydrogen) atoms. The van der Waals surface area contributed by atoms with Gasteiger partial charge in [0.25, 0.3) is 0 Å². The van der Waals surface area contributed by atoms with Gasteiger partial charge in [-0.3, -0.25) is 19.3 Å². The van der Waals surface area contributed by atoms with Gasteiger partial charge in [-0.1, -0.05) is 34.1 Å². The minimum atomic E-state index is -0.972. The molecule has 1 heterocycles. The van der Waals surface area contributed by atoms with Gasteiger partial charge in [0.05, 0.1) is 6.04 Å². The number of nitrogens with zero attached hydrogens (tertiary/aromatic N) is 2. The van der Waals surface area contributed by atoms with E-state index < -0.39 is 30.3 Å². The molecule has 1 saturated heterocycles. The number of carbonyl (C=O) groups excluding carboxylic acids is 4. The van der Waals surface area contributed by atoms with Crippen molar-refractivity contribution in [2.45, 2.75) is 19.9 Å². The van der Waals surface area contributed by atoms with Gasteiger partial charge in [0.1, 0.15) is 6.54 Å². The first-order valence-corrected chi connectivity index (χ1v) is 7.87. The normalized spacial score (nSPS) is 16.0. The summed E-state index contributed by atoms with van der Waals surface area (Å²) >= 11 is 3.40. The zero-order valence-corrected chi connectivity index (χ0v) is 14.3. The average Bonchev–Trinajstić information content (AvgIpc) is 2.71. The maximum absolute atomic E-state index is 12.1. The minimum Gasteiger partial charge on any atom is -0.348 e. The molecule has 1 aliphatic heterocycles. The van der Waals surface area contributed by atoms with Gasteiger partial charge in [0.15, 0.2) is 0 Å². The molecule has 0 bridgehead atoms.